The van der Waals surface area contributed by atoms with Gasteiger partial charge < -0.3 is 29.1 Å². The van der Waals surface area contributed by atoms with Gasteiger partial charge in [0.1, 0.15) is 44.8 Å². The molecule has 0 aromatic heterocycles. The van der Waals surface area contributed by atoms with Gasteiger partial charge in [0.25, 0.3) is 0 Å². The fraction of sp³-hybridized carbons (Fsp3) is 0.400. The van der Waals surface area contributed by atoms with Crippen LogP contribution in [0.15, 0.2) is 46.2 Å². The van der Waals surface area contributed by atoms with Crippen LogP contribution >= 0.6 is 0 Å². The largest absolute Gasteiger partial charge is 0.744 e. The molecule has 2 aromatic carbocycles. The number of hydrogen-bond donors (Lipinski definition) is 3. The lowest BCUT2D eigenvalue weighted by molar-refractivity contribution is -0.883. The molecular formula is C20H32N2O8S2. The number of benzene rings is 2. The van der Waals surface area contributed by atoms with E-state index in [0.29, 0.717) is 11.1 Å². The van der Waals surface area contributed by atoms with E-state index >= 15 is 0 Å². The van der Waals surface area contributed by atoms with Crippen molar-refractivity contribution in [3.8, 4) is 11.5 Å². The fourth-order valence-electron chi connectivity index (χ4n) is 2.19. The Hall–Kier alpha value is -2.22. The number of aryl methyl sites for hydroxylation is 2. The summed E-state index contributed by atoms with van der Waals surface area (Å²) in [5.41, 5.74) is 1.39. The molecule has 0 spiro atoms. The van der Waals surface area contributed by atoms with E-state index in [1.54, 1.807) is 13.8 Å². The zero-order chi connectivity index (χ0) is 25.3. The molecule has 0 aliphatic carbocycles. The highest BCUT2D eigenvalue weighted by molar-refractivity contribution is 7.86. The first-order chi connectivity index (χ1) is 14.4. The maximum absolute atomic E-state index is 10.4. The Morgan fingerprint density at radius 2 is 1.16 bits per heavy atom. The highest BCUT2D eigenvalue weighted by Gasteiger charge is 2.08. The van der Waals surface area contributed by atoms with Crippen LogP contribution in [0.25, 0.3) is 0 Å². The first kappa shape index (κ1) is 29.8. The predicted octanol–water partition coefficient (Wildman–Crippen LogP) is 0.0952. The smallest absolute Gasteiger partial charge is 0.133 e. The van der Waals surface area contributed by atoms with Gasteiger partial charge in [-0.1, -0.05) is 12.1 Å². The molecule has 0 bridgehead atoms. The Kier molecular flexibility index (Phi) is 11.3. The van der Waals surface area contributed by atoms with E-state index in [0.717, 1.165) is 16.6 Å². The molecule has 2 rings (SSSR count). The topological polar surface area (TPSA) is 171 Å². The Morgan fingerprint density at radius 1 is 0.812 bits per heavy atom. The number of nitrogens with zero attached hydrogens (tertiary/aromatic N) is 1. The molecule has 0 saturated carbocycles. The molecule has 0 atom stereocenters. The number of aromatic hydroxyl groups is 2. The van der Waals surface area contributed by atoms with Crippen LogP contribution in [0.4, 0.5) is 0 Å². The highest BCUT2D eigenvalue weighted by Crippen LogP contribution is 2.23. The van der Waals surface area contributed by atoms with Crippen molar-refractivity contribution in [2.75, 3.05) is 41.3 Å². The minimum absolute atomic E-state index is 0.495. The summed E-state index contributed by atoms with van der Waals surface area (Å²) >= 11 is 0. The van der Waals surface area contributed by atoms with Gasteiger partial charge in [-0.05, 0) is 49.2 Å². The Balaban J connectivity index is 0.000000462. The van der Waals surface area contributed by atoms with Gasteiger partial charge in [-0.15, -0.1) is 0 Å². The second-order valence-corrected chi connectivity index (χ2v) is 10.8. The minimum Gasteiger partial charge on any atom is -0.744 e. The molecule has 0 heterocycles. The second-order valence-electron chi connectivity index (χ2n) is 8.06. The van der Waals surface area contributed by atoms with Gasteiger partial charge in [-0.3, -0.25) is 0 Å². The summed E-state index contributed by atoms with van der Waals surface area (Å²) in [7, 11) is -0.358. The van der Waals surface area contributed by atoms with Crippen molar-refractivity contribution in [2.45, 2.75) is 23.6 Å². The fourth-order valence-corrected chi connectivity index (χ4v) is 3.29. The lowest BCUT2D eigenvalue weighted by Crippen LogP contribution is -2.81. The Labute approximate surface area is 190 Å². The number of nitrogens with two attached hydrogens (primary N) is 1. The van der Waals surface area contributed by atoms with E-state index in [-0.39, 0.29) is 0 Å². The molecular weight excluding hydrogens is 460 g/mol. The first-order valence-corrected chi connectivity index (χ1v) is 12.3. The number of quaternary nitrogens is 2. The van der Waals surface area contributed by atoms with Crippen molar-refractivity contribution in [2.24, 2.45) is 0 Å². The summed E-state index contributed by atoms with van der Waals surface area (Å²) in [5.74, 6) is -0.991. The third-order valence-electron chi connectivity index (χ3n) is 3.86. The number of likely N-dealkylation sites (N-methyl/N-ethyl adjacent to an activating group) is 2. The number of rotatable bonds is 5. The highest BCUT2D eigenvalue weighted by atomic mass is 32.2. The summed E-state index contributed by atoms with van der Waals surface area (Å²) in [6, 6.07) is 7.53. The van der Waals surface area contributed by atoms with Crippen LogP contribution in [0.5, 0.6) is 11.5 Å². The van der Waals surface area contributed by atoms with Crippen LogP contribution in [-0.4, -0.2) is 81.9 Å². The Bertz CT molecular complexity index is 1010. The van der Waals surface area contributed by atoms with E-state index in [1.807, 2.05) is 0 Å². The summed E-state index contributed by atoms with van der Waals surface area (Å²) in [6.45, 7) is 5.84. The van der Waals surface area contributed by atoms with Crippen molar-refractivity contribution < 1.29 is 46.0 Å². The molecule has 0 radical (unpaired) electrons. The quantitative estimate of drug-likeness (QED) is 0.389. The number of phenols is 2. The lowest BCUT2D eigenvalue weighted by Gasteiger charge is -2.21. The zero-order valence-corrected chi connectivity index (χ0v) is 20.7. The van der Waals surface area contributed by atoms with E-state index in [9.17, 15) is 25.9 Å². The van der Waals surface area contributed by atoms with Gasteiger partial charge in [0.05, 0.1) is 38.0 Å². The summed E-state index contributed by atoms with van der Waals surface area (Å²) in [6.07, 6.45) is 0. The molecule has 0 saturated heterocycles. The molecule has 12 heteroatoms. The van der Waals surface area contributed by atoms with Crippen LogP contribution in [-0.2, 0) is 20.2 Å². The van der Waals surface area contributed by atoms with Crippen molar-refractivity contribution in [1.29, 1.82) is 0 Å². The molecule has 0 amide bonds. The molecule has 10 nitrogen and oxygen atoms in total. The predicted molar refractivity (Wildman–Crippen MR) is 117 cm³/mol. The van der Waals surface area contributed by atoms with Gasteiger partial charge >= 0.3 is 0 Å². The average molecular weight is 493 g/mol. The van der Waals surface area contributed by atoms with Crippen LogP contribution in [0.1, 0.15) is 11.1 Å². The molecule has 32 heavy (non-hydrogen) atoms. The minimum atomic E-state index is -4.55. The molecule has 0 fully saturated rings. The normalized spacial score (nSPS) is 11.6. The van der Waals surface area contributed by atoms with E-state index in [4.69, 9.17) is 10.2 Å². The van der Waals surface area contributed by atoms with Gasteiger partial charge in [0, 0.05) is 0 Å². The van der Waals surface area contributed by atoms with Crippen molar-refractivity contribution >= 4 is 20.2 Å². The molecule has 0 unspecified atom stereocenters. The van der Waals surface area contributed by atoms with Gasteiger partial charge in [0.2, 0.25) is 0 Å². The van der Waals surface area contributed by atoms with E-state index in [1.165, 1.54) is 37.4 Å². The van der Waals surface area contributed by atoms with Crippen LogP contribution < -0.4 is 5.32 Å². The van der Waals surface area contributed by atoms with E-state index < -0.39 is 41.5 Å². The van der Waals surface area contributed by atoms with E-state index in [2.05, 4.69) is 33.5 Å². The van der Waals surface area contributed by atoms with Crippen molar-refractivity contribution in [1.82, 2.24) is 0 Å². The Morgan fingerprint density at radius 3 is 1.34 bits per heavy atom. The standard InChI is InChI=1S/2C7H8O4S.C6H17N2/c2*1-5-2-3-7(6(8)4-5)12(9,10)11;1-7-5-6-8(2,3)4/h2*2-4,8H,1H3,(H,9,10,11);7H,5-6H2,1-4H3/q;;+1/p-1. The molecule has 2 aromatic rings. The number of phenolic OH excluding ortho intramolecular Hbond substituents is 2. The van der Waals surface area contributed by atoms with Crippen molar-refractivity contribution in [3.05, 3.63) is 47.5 Å². The second kappa shape index (κ2) is 12.1. The summed E-state index contributed by atoms with van der Waals surface area (Å²) in [4.78, 5) is -1.15. The van der Waals surface area contributed by atoms with Crippen LogP contribution in [0, 0.1) is 13.8 Å². The van der Waals surface area contributed by atoms with Gasteiger partial charge in [-0.25, -0.2) is 16.8 Å². The molecule has 182 valence electrons. The summed E-state index contributed by atoms with van der Waals surface area (Å²) < 4.78 is 63.8. The maximum Gasteiger partial charge on any atom is 0.133 e. The third kappa shape index (κ3) is 12.0. The maximum atomic E-state index is 10.4. The first-order valence-electron chi connectivity index (χ1n) is 9.47. The zero-order valence-electron chi connectivity index (χ0n) is 19.1. The van der Waals surface area contributed by atoms with Crippen LogP contribution in [0.3, 0.4) is 0 Å². The number of hydrogen-bond acceptors (Lipinski definition) is 8. The van der Waals surface area contributed by atoms with Gasteiger partial charge in [0.15, 0.2) is 0 Å². The molecule has 0 aliphatic rings. The summed E-state index contributed by atoms with van der Waals surface area (Å²) in [5, 5.41) is 20.3. The van der Waals surface area contributed by atoms with Crippen molar-refractivity contribution in [3.63, 3.8) is 0 Å². The van der Waals surface area contributed by atoms with Gasteiger partial charge in [-0.2, -0.15) is 0 Å². The monoisotopic (exact) mass is 492 g/mol. The third-order valence-corrected chi connectivity index (χ3v) is 5.62. The van der Waals surface area contributed by atoms with Crippen LogP contribution in [0.2, 0.25) is 0 Å². The molecule has 4 N–H and O–H groups in total. The molecule has 0 aliphatic heterocycles. The average Bonchev–Trinajstić information content (AvgIpc) is 2.58. The SMILES string of the molecule is C[NH2+]CC[N+](C)(C)C.Cc1ccc(S(=O)(=O)[O-])c(O)c1.Cc1ccc(S(=O)(=O)[O-])c(O)c1. The lowest BCUT2D eigenvalue weighted by atomic mass is 10.2.